The van der Waals surface area contributed by atoms with Crippen LogP contribution in [0.4, 0.5) is 0 Å². The smallest absolute Gasteiger partial charge is 0.123 e. The molecule has 0 aliphatic heterocycles. The van der Waals surface area contributed by atoms with E-state index < -0.39 is 0 Å². The van der Waals surface area contributed by atoms with Crippen molar-refractivity contribution in [1.29, 1.82) is 5.26 Å². The molecule has 1 heterocycles. The van der Waals surface area contributed by atoms with Gasteiger partial charge in [-0.2, -0.15) is 5.26 Å². The van der Waals surface area contributed by atoms with Gasteiger partial charge in [-0.25, -0.2) is 4.98 Å². The molecule has 0 radical (unpaired) electrons. The van der Waals surface area contributed by atoms with Gasteiger partial charge in [0.1, 0.15) is 11.7 Å². The van der Waals surface area contributed by atoms with Crippen LogP contribution >= 0.6 is 0 Å². The Kier molecular flexibility index (Phi) is 1.72. The topological polar surface area (TPSA) is 52.5 Å². The summed E-state index contributed by atoms with van der Waals surface area (Å²) in [5, 5.41) is 8.49. The van der Waals surface area contributed by atoms with E-state index in [1.165, 1.54) is 0 Å². The van der Waals surface area contributed by atoms with Crippen molar-refractivity contribution in [2.75, 3.05) is 0 Å². The van der Waals surface area contributed by atoms with Crippen LogP contribution in [0.3, 0.4) is 0 Å². The number of hydrogen-bond acceptors (Lipinski definition) is 2. The van der Waals surface area contributed by atoms with Crippen LogP contribution in [0.15, 0.2) is 6.20 Å². The third kappa shape index (κ3) is 1.16. The van der Waals surface area contributed by atoms with E-state index in [2.05, 4.69) is 16.0 Å². The average molecular weight is 135 g/mol. The molecule has 0 saturated heterocycles. The van der Waals surface area contributed by atoms with Crippen LogP contribution < -0.4 is 0 Å². The molecule has 0 aromatic carbocycles. The van der Waals surface area contributed by atoms with Gasteiger partial charge in [0.05, 0.1) is 11.8 Å². The zero-order chi connectivity index (χ0) is 7.56. The van der Waals surface area contributed by atoms with Gasteiger partial charge in [0, 0.05) is 6.20 Å². The number of nitriles is 1. The number of aromatic nitrogens is 2. The summed E-state index contributed by atoms with van der Waals surface area (Å²) in [6.07, 6.45) is 1.79. The van der Waals surface area contributed by atoms with Crippen molar-refractivity contribution in [2.24, 2.45) is 0 Å². The lowest BCUT2D eigenvalue weighted by molar-refractivity contribution is 0.880. The highest BCUT2D eigenvalue weighted by atomic mass is 14.9. The Bertz CT molecular complexity index is 256. The number of imidazole rings is 1. The molecule has 0 spiro atoms. The maximum atomic E-state index is 8.49. The quantitative estimate of drug-likeness (QED) is 0.631. The lowest BCUT2D eigenvalue weighted by atomic mass is 10.2. The van der Waals surface area contributed by atoms with E-state index in [9.17, 15) is 0 Å². The first-order valence-corrected chi connectivity index (χ1v) is 3.15. The van der Waals surface area contributed by atoms with Gasteiger partial charge in [0.15, 0.2) is 0 Å². The molecule has 0 saturated carbocycles. The van der Waals surface area contributed by atoms with Crippen LogP contribution in [-0.4, -0.2) is 9.97 Å². The molecule has 0 aliphatic carbocycles. The first kappa shape index (κ1) is 6.81. The predicted octanol–water partition coefficient (Wildman–Crippen LogP) is 1.35. The van der Waals surface area contributed by atoms with Crippen LogP contribution in [-0.2, 0) is 0 Å². The predicted molar refractivity (Wildman–Crippen MR) is 37.4 cm³/mol. The van der Waals surface area contributed by atoms with Crippen molar-refractivity contribution in [2.45, 2.75) is 19.8 Å². The van der Waals surface area contributed by atoms with E-state index in [-0.39, 0.29) is 5.92 Å². The summed E-state index contributed by atoms with van der Waals surface area (Å²) >= 11 is 0. The maximum Gasteiger partial charge on any atom is 0.123 e. The summed E-state index contributed by atoms with van der Waals surface area (Å²) in [7, 11) is 0. The molecule has 52 valence electrons. The molecule has 1 unspecified atom stereocenters. The second-order valence-corrected chi connectivity index (χ2v) is 2.28. The SMILES string of the molecule is Cc1c[nH]c(C(C)C#N)n1. The molecular formula is C7H9N3. The van der Waals surface area contributed by atoms with Gasteiger partial charge in [-0.05, 0) is 13.8 Å². The molecule has 0 amide bonds. The summed E-state index contributed by atoms with van der Waals surface area (Å²) in [5.74, 6) is 0.619. The van der Waals surface area contributed by atoms with Crippen LogP contribution in [0, 0.1) is 18.3 Å². The van der Waals surface area contributed by atoms with Gasteiger partial charge in [0.2, 0.25) is 0 Å². The fraction of sp³-hybridized carbons (Fsp3) is 0.429. The molecule has 1 aromatic rings. The van der Waals surface area contributed by atoms with E-state index in [1.807, 2.05) is 13.8 Å². The fourth-order valence-electron chi connectivity index (χ4n) is 0.716. The van der Waals surface area contributed by atoms with Crippen LogP contribution in [0.25, 0.3) is 0 Å². The highest BCUT2D eigenvalue weighted by molar-refractivity contribution is 5.09. The Morgan fingerprint density at radius 3 is 2.90 bits per heavy atom. The van der Waals surface area contributed by atoms with Gasteiger partial charge in [0.25, 0.3) is 0 Å². The van der Waals surface area contributed by atoms with Crippen LogP contribution in [0.2, 0.25) is 0 Å². The lowest BCUT2D eigenvalue weighted by Crippen LogP contribution is -1.91. The largest absolute Gasteiger partial charge is 0.347 e. The molecule has 3 heteroatoms. The van der Waals surface area contributed by atoms with E-state index >= 15 is 0 Å². The third-order valence-corrected chi connectivity index (χ3v) is 1.33. The summed E-state index contributed by atoms with van der Waals surface area (Å²) < 4.78 is 0. The van der Waals surface area contributed by atoms with Crippen molar-refractivity contribution in [3.63, 3.8) is 0 Å². The standard InChI is InChI=1S/C7H9N3/c1-5(3-8)7-9-4-6(2)10-7/h4-5H,1-2H3,(H,9,10). The Morgan fingerprint density at radius 1 is 1.80 bits per heavy atom. The molecule has 0 bridgehead atoms. The first-order valence-electron chi connectivity index (χ1n) is 3.15. The van der Waals surface area contributed by atoms with E-state index in [0.29, 0.717) is 0 Å². The summed E-state index contributed by atoms with van der Waals surface area (Å²) in [6.45, 7) is 3.71. The highest BCUT2D eigenvalue weighted by Gasteiger charge is 2.05. The van der Waals surface area contributed by atoms with Gasteiger partial charge in [-0.15, -0.1) is 0 Å². The van der Waals surface area contributed by atoms with E-state index in [0.717, 1.165) is 11.5 Å². The highest BCUT2D eigenvalue weighted by Crippen LogP contribution is 2.08. The number of hydrogen-bond donors (Lipinski definition) is 1. The molecule has 10 heavy (non-hydrogen) atoms. The second kappa shape index (κ2) is 2.53. The van der Waals surface area contributed by atoms with Crippen molar-refractivity contribution >= 4 is 0 Å². The van der Waals surface area contributed by atoms with E-state index in [4.69, 9.17) is 5.26 Å². The molecule has 0 aliphatic rings. The van der Waals surface area contributed by atoms with Crippen molar-refractivity contribution < 1.29 is 0 Å². The Balaban J connectivity index is 2.87. The third-order valence-electron chi connectivity index (χ3n) is 1.33. The second-order valence-electron chi connectivity index (χ2n) is 2.28. The number of rotatable bonds is 1. The zero-order valence-corrected chi connectivity index (χ0v) is 6.05. The summed E-state index contributed by atoms with van der Waals surface area (Å²) in [6, 6.07) is 2.10. The zero-order valence-electron chi connectivity index (χ0n) is 6.05. The molecule has 1 atom stereocenters. The van der Waals surface area contributed by atoms with Gasteiger partial charge in [-0.1, -0.05) is 0 Å². The van der Waals surface area contributed by atoms with Crippen LogP contribution in [0.1, 0.15) is 24.4 Å². The molecular weight excluding hydrogens is 126 g/mol. The monoisotopic (exact) mass is 135 g/mol. The number of nitrogens with zero attached hydrogens (tertiary/aromatic N) is 2. The van der Waals surface area contributed by atoms with Crippen LogP contribution in [0.5, 0.6) is 0 Å². The molecule has 0 fully saturated rings. The van der Waals surface area contributed by atoms with Crippen molar-refractivity contribution in [1.82, 2.24) is 9.97 Å². The first-order chi connectivity index (χ1) is 4.74. The molecule has 1 aromatic heterocycles. The van der Waals surface area contributed by atoms with E-state index in [1.54, 1.807) is 6.20 Å². The Hall–Kier alpha value is -1.30. The summed E-state index contributed by atoms with van der Waals surface area (Å²) in [5.41, 5.74) is 0.928. The number of aromatic amines is 1. The van der Waals surface area contributed by atoms with Crippen molar-refractivity contribution in [3.05, 3.63) is 17.7 Å². The lowest BCUT2D eigenvalue weighted by Gasteiger charge is -1.92. The Labute approximate surface area is 59.7 Å². The normalized spacial score (nSPS) is 12.5. The molecule has 3 nitrogen and oxygen atoms in total. The number of H-pyrrole nitrogens is 1. The van der Waals surface area contributed by atoms with Crippen molar-refractivity contribution in [3.8, 4) is 6.07 Å². The summed E-state index contributed by atoms with van der Waals surface area (Å²) in [4.78, 5) is 7.03. The van der Waals surface area contributed by atoms with Gasteiger partial charge >= 0.3 is 0 Å². The average Bonchev–Trinajstić information content (AvgIpc) is 2.34. The van der Waals surface area contributed by atoms with Gasteiger partial charge < -0.3 is 4.98 Å². The number of nitrogens with one attached hydrogen (secondary N) is 1. The fourth-order valence-corrected chi connectivity index (χ4v) is 0.716. The Morgan fingerprint density at radius 2 is 2.50 bits per heavy atom. The molecule has 1 rings (SSSR count). The minimum absolute atomic E-state index is 0.131. The molecule has 1 N–H and O–H groups in total. The van der Waals surface area contributed by atoms with Gasteiger partial charge in [-0.3, -0.25) is 0 Å². The maximum absolute atomic E-state index is 8.49. The minimum Gasteiger partial charge on any atom is -0.347 e. The minimum atomic E-state index is -0.131. The number of aryl methyl sites for hydroxylation is 1.